The minimum Gasteiger partial charge on any atom is -0.456 e. The molecule has 0 saturated carbocycles. The van der Waals surface area contributed by atoms with E-state index in [1.54, 1.807) is 23.1 Å². The fraction of sp³-hybridized carbons (Fsp3) is 0.105. The topological polar surface area (TPSA) is 83.3 Å². The van der Waals surface area contributed by atoms with E-state index in [0.717, 1.165) is 28.8 Å². The Morgan fingerprint density at radius 2 is 1.60 bits per heavy atom. The first kappa shape index (κ1) is 26.5. The molecule has 0 fully saturated rings. The van der Waals surface area contributed by atoms with Gasteiger partial charge >= 0.3 is 0 Å². The number of hydrogen-bond acceptors (Lipinski definition) is 4. The van der Waals surface area contributed by atoms with E-state index in [-0.39, 0.29) is 16.7 Å². The molecular formula is C38H31N3O2. The summed E-state index contributed by atoms with van der Waals surface area (Å²) in [7, 11) is 0. The predicted octanol–water partition coefficient (Wildman–Crippen LogP) is 8.46. The van der Waals surface area contributed by atoms with E-state index in [1.807, 2.05) is 60.7 Å². The Morgan fingerprint density at radius 3 is 2.42 bits per heavy atom. The summed E-state index contributed by atoms with van der Waals surface area (Å²) in [4.78, 5) is 14.9. The highest BCUT2D eigenvalue weighted by atomic mass is 16.3. The van der Waals surface area contributed by atoms with Crippen molar-refractivity contribution in [1.82, 2.24) is 0 Å². The van der Waals surface area contributed by atoms with Crippen molar-refractivity contribution in [1.29, 1.82) is 5.41 Å². The summed E-state index contributed by atoms with van der Waals surface area (Å²) in [5, 5.41) is 10.4. The lowest BCUT2D eigenvalue weighted by Gasteiger charge is -2.23. The molecule has 1 aliphatic heterocycles. The molecule has 210 valence electrons. The Hall–Kier alpha value is -5.42. The number of rotatable bonds is 4. The van der Waals surface area contributed by atoms with Crippen molar-refractivity contribution in [2.75, 3.05) is 4.90 Å². The van der Waals surface area contributed by atoms with Gasteiger partial charge in [0.1, 0.15) is 22.8 Å². The van der Waals surface area contributed by atoms with E-state index >= 15 is 0 Å². The van der Waals surface area contributed by atoms with E-state index in [1.165, 1.54) is 16.7 Å². The predicted molar refractivity (Wildman–Crippen MR) is 177 cm³/mol. The molecule has 4 aromatic carbocycles. The van der Waals surface area contributed by atoms with Crippen LogP contribution in [0.4, 0.5) is 5.69 Å². The number of amidine groups is 1. The van der Waals surface area contributed by atoms with Crippen molar-refractivity contribution in [3.8, 4) is 11.1 Å². The molecule has 0 bridgehead atoms. The van der Waals surface area contributed by atoms with Crippen LogP contribution >= 0.6 is 0 Å². The zero-order valence-corrected chi connectivity index (χ0v) is 24.1. The third-order valence-electron chi connectivity index (χ3n) is 8.56. The Balaban J connectivity index is 1.38. The summed E-state index contributed by atoms with van der Waals surface area (Å²) in [6.07, 6.45) is 6.58. The standard InChI is InChI=1S/C38H31N3O2/c1-4-11-27-30(20-24-22-38(2,3)31-15-8-5-12-25(24)31)37(40)41(36(27)39)32-16-9-6-13-26(32)23-18-19-29-34(21-23)43-33-17-10-7-14-28(33)35(29)42/h4-21,39H,1,22,40H2,2-3H3/b24-20+,27-11-,39-36?. The fourth-order valence-corrected chi connectivity index (χ4v) is 6.52. The number of nitrogens with zero attached hydrogens (tertiary/aromatic N) is 1. The average Bonchev–Trinajstić information content (AvgIpc) is 3.41. The molecule has 2 heterocycles. The van der Waals surface area contributed by atoms with Crippen LogP contribution in [0, 0.1) is 5.41 Å². The van der Waals surface area contributed by atoms with E-state index in [4.69, 9.17) is 10.2 Å². The number of nitrogens with one attached hydrogen (secondary N) is 1. The number of nitrogens with two attached hydrogens (primary N) is 1. The molecule has 0 spiro atoms. The van der Waals surface area contributed by atoms with Gasteiger partial charge in [-0.25, -0.2) is 0 Å². The molecule has 0 amide bonds. The summed E-state index contributed by atoms with van der Waals surface area (Å²) in [6, 6.07) is 29.3. The van der Waals surface area contributed by atoms with Crippen molar-refractivity contribution in [3.63, 3.8) is 0 Å². The van der Waals surface area contributed by atoms with E-state index in [9.17, 15) is 10.2 Å². The summed E-state index contributed by atoms with van der Waals surface area (Å²) in [6.45, 7) is 8.44. The molecule has 0 unspecified atom stereocenters. The van der Waals surface area contributed by atoms with Gasteiger partial charge in [-0.1, -0.05) is 93.2 Å². The largest absolute Gasteiger partial charge is 0.456 e. The first-order chi connectivity index (χ1) is 20.8. The summed E-state index contributed by atoms with van der Waals surface area (Å²) >= 11 is 0. The van der Waals surface area contributed by atoms with Gasteiger partial charge in [0.05, 0.1) is 16.5 Å². The van der Waals surface area contributed by atoms with E-state index in [0.29, 0.717) is 33.3 Å². The molecule has 0 atom stereocenters. The second kappa shape index (κ2) is 9.85. The van der Waals surface area contributed by atoms with E-state index < -0.39 is 0 Å². The number of benzene rings is 4. The number of para-hydroxylation sites is 2. The molecule has 1 aliphatic carbocycles. The lowest BCUT2D eigenvalue weighted by Crippen LogP contribution is -2.29. The van der Waals surface area contributed by atoms with Gasteiger partial charge in [0, 0.05) is 16.7 Å². The highest BCUT2D eigenvalue weighted by Crippen LogP contribution is 2.47. The third-order valence-corrected chi connectivity index (χ3v) is 8.56. The Kier molecular flexibility index (Phi) is 6.06. The molecule has 5 heteroatoms. The normalized spacial score (nSPS) is 17.9. The van der Waals surface area contributed by atoms with Gasteiger partial charge < -0.3 is 10.2 Å². The smallest absolute Gasteiger partial charge is 0.200 e. The van der Waals surface area contributed by atoms with Gasteiger partial charge in [0.2, 0.25) is 5.43 Å². The number of fused-ring (bicyclic) bond motifs is 3. The maximum atomic E-state index is 13.2. The lowest BCUT2D eigenvalue weighted by atomic mass is 9.86. The van der Waals surface area contributed by atoms with Gasteiger partial charge in [-0.2, -0.15) is 0 Å². The lowest BCUT2D eigenvalue weighted by molar-refractivity contribution is 0.563. The van der Waals surface area contributed by atoms with Gasteiger partial charge in [-0.15, -0.1) is 0 Å². The average molecular weight is 562 g/mol. The Bertz CT molecular complexity index is 2160. The summed E-state index contributed by atoms with van der Waals surface area (Å²) in [5.74, 6) is 0.763. The third kappa shape index (κ3) is 4.16. The molecule has 5 aromatic rings. The maximum Gasteiger partial charge on any atom is 0.200 e. The molecule has 2 aliphatic rings. The number of anilines is 1. The highest BCUT2D eigenvalue weighted by Gasteiger charge is 2.36. The van der Waals surface area contributed by atoms with Crippen molar-refractivity contribution in [2.24, 2.45) is 5.73 Å². The van der Waals surface area contributed by atoms with Crippen LogP contribution < -0.4 is 16.1 Å². The Labute approximate surface area is 250 Å². The molecule has 0 saturated heterocycles. The molecule has 43 heavy (non-hydrogen) atoms. The maximum absolute atomic E-state index is 13.2. The zero-order valence-electron chi connectivity index (χ0n) is 24.1. The molecular weight excluding hydrogens is 530 g/mol. The van der Waals surface area contributed by atoms with Gasteiger partial charge in [-0.3, -0.25) is 15.1 Å². The van der Waals surface area contributed by atoms with Crippen LogP contribution in [-0.4, -0.2) is 5.84 Å². The van der Waals surface area contributed by atoms with Crippen LogP contribution in [0.3, 0.4) is 0 Å². The minimum absolute atomic E-state index is 0.00881. The SMILES string of the molecule is C=C/C=C1\C(=N)N(c2ccccc2-c2ccc3c(=O)c4ccccc4oc3c2)C(N)=C1/C=C1\CC(C)(C)c2ccccc21. The first-order valence-corrected chi connectivity index (χ1v) is 14.4. The van der Waals surface area contributed by atoms with Gasteiger partial charge in [0.25, 0.3) is 0 Å². The van der Waals surface area contributed by atoms with Crippen molar-refractivity contribution in [2.45, 2.75) is 25.7 Å². The van der Waals surface area contributed by atoms with Crippen molar-refractivity contribution < 1.29 is 4.42 Å². The Morgan fingerprint density at radius 1 is 0.907 bits per heavy atom. The van der Waals surface area contributed by atoms with Crippen LogP contribution in [0.5, 0.6) is 0 Å². The first-order valence-electron chi connectivity index (χ1n) is 14.4. The van der Waals surface area contributed by atoms with E-state index in [2.05, 4.69) is 50.8 Å². The van der Waals surface area contributed by atoms with Crippen LogP contribution in [0.25, 0.3) is 38.6 Å². The second-order valence-corrected chi connectivity index (χ2v) is 11.7. The zero-order chi connectivity index (χ0) is 29.9. The minimum atomic E-state index is -0.0567. The quantitative estimate of drug-likeness (QED) is 0.216. The molecule has 5 nitrogen and oxygen atoms in total. The highest BCUT2D eigenvalue weighted by molar-refractivity contribution is 6.18. The fourth-order valence-electron chi connectivity index (χ4n) is 6.52. The molecule has 1 aromatic heterocycles. The monoisotopic (exact) mass is 561 g/mol. The summed E-state index contributed by atoms with van der Waals surface area (Å²) < 4.78 is 6.16. The van der Waals surface area contributed by atoms with Crippen molar-refractivity contribution >= 4 is 39.0 Å². The second-order valence-electron chi connectivity index (χ2n) is 11.7. The molecule has 3 N–H and O–H groups in total. The number of allylic oxidation sites excluding steroid dienone is 4. The van der Waals surface area contributed by atoms with Gasteiger partial charge in [0.15, 0.2) is 0 Å². The molecule has 7 rings (SSSR count). The van der Waals surface area contributed by atoms with Gasteiger partial charge in [-0.05, 0) is 70.5 Å². The van der Waals surface area contributed by atoms with Crippen molar-refractivity contribution in [3.05, 3.63) is 154 Å². The molecule has 0 radical (unpaired) electrons. The van der Waals surface area contributed by atoms with Crippen LogP contribution in [0.1, 0.15) is 31.4 Å². The van der Waals surface area contributed by atoms with Crippen LogP contribution in [0.2, 0.25) is 0 Å². The summed E-state index contributed by atoms with van der Waals surface area (Å²) in [5.41, 5.74) is 15.7. The van der Waals surface area contributed by atoms with Crippen LogP contribution in [-0.2, 0) is 5.41 Å². The number of hydrogen-bond donors (Lipinski definition) is 2. The van der Waals surface area contributed by atoms with Crippen LogP contribution in [0.15, 0.2) is 142 Å².